The number of methoxy groups -OCH3 is 2. The van der Waals surface area contributed by atoms with Crippen LogP contribution in [0.25, 0.3) is 5.76 Å². The van der Waals surface area contributed by atoms with Crippen LogP contribution in [0.1, 0.15) is 49.1 Å². The summed E-state index contributed by atoms with van der Waals surface area (Å²) in [5.74, 6) is 2.08. The van der Waals surface area contributed by atoms with Crippen molar-refractivity contribution in [1.82, 2.24) is 5.32 Å². The number of hydrogen-bond acceptors (Lipinski definition) is 4. The number of nitrogens with zero attached hydrogens (tertiary/aromatic N) is 1. The fourth-order valence-electron chi connectivity index (χ4n) is 5.52. The monoisotopic (exact) mass is 432 g/mol. The Morgan fingerprint density at radius 1 is 1.03 bits per heavy atom. The standard InChI is InChI=1S/C27H32N2O3/c1-31-21-8-9-22-24(18-21)23(10-11-25(22)32-2)26(30)28-27(14-15-27)19-12-16-29(17-13-19)20-6-4-3-5-7-20/h3-9,11,18-19,23H,10,12-17H2,1-2H3,(H,28,30). The van der Waals surface area contributed by atoms with E-state index in [1.165, 1.54) is 5.69 Å². The predicted octanol–water partition coefficient (Wildman–Crippen LogP) is 4.74. The normalized spacial score (nSPS) is 21.9. The second kappa shape index (κ2) is 8.53. The number of allylic oxidation sites excluding steroid dienone is 1. The number of anilines is 1. The van der Waals surface area contributed by atoms with Crippen molar-refractivity contribution in [2.75, 3.05) is 32.2 Å². The number of amides is 1. The number of benzene rings is 2. The number of fused-ring (bicyclic) bond motifs is 1. The van der Waals surface area contributed by atoms with Crippen LogP contribution < -0.4 is 15.0 Å². The third-order valence-corrected chi connectivity index (χ3v) is 7.53. The van der Waals surface area contributed by atoms with Gasteiger partial charge in [-0.3, -0.25) is 4.79 Å². The second-order valence-corrected chi connectivity index (χ2v) is 9.26. The lowest BCUT2D eigenvalue weighted by Gasteiger charge is -2.38. The van der Waals surface area contributed by atoms with Crippen LogP contribution in [0.2, 0.25) is 0 Å². The Morgan fingerprint density at radius 2 is 1.78 bits per heavy atom. The van der Waals surface area contributed by atoms with Crippen molar-refractivity contribution in [3.8, 4) is 5.75 Å². The van der Waals surface area contributed by atoms with E-state index in [1.54, 1.807) is 14.2 Å². The summed E-state index contributed by atoms with van der Waals surface area (Å²) >= 11 is 0. The highest BCUT2D eigenvalue weighted by Crippen LogP contribution is 2.48. The topological polar surface area (TPSA) is 50.8 Å². The Labute approximate surface area is 190 Å². The first-order valence-corrected chi connectivity index (χ1v) is 11.7. The largest absolute Gasteiger partial charge is 0.497 e. The molecule has 2 aliphatic carbocycles. The molecule has 32 heavy (non-hydrogen) atoms. The van der Waals surface area contributed by atoms with Crippen LogP contribution in [0.15, 0.2) is 54.6 Å². The molecule has 1 atom stereocenters. The van der Waals surface area contributed by atoms with Crippen LogP contribution in [0.4, 0.5) is 5.69 Å². The predicted molar refractivity (Wildman–Crippen MR) is 127 cm³/mol. The summed E-state index contributed by atoms with van der Waals surface area (Å²) in [5.41, 5.74) is 3.26. The molecule has 0 bridgehead atoms. The molecule has 1 saturated carbocycles. The molecule has 3 aliphatic rings. The number of carbonyl (C=O) groups excluding carboxylic acids is 1. The van der Waals surface area contributed by atoms with Crippen LogP contribution in [0, 0.1) is 5.92 Å². The molecule has 1 amide bonds. The molecule has 168 valence electrons. The number of ether oxygens (including phenoxy) is 2. The minimum Gasteiger partial charge on any atom is -0.497 e. The van der Waals surface area contributed by atoms with Crippen molar-refractivity contribution in [3.05, 3.63) is 65.7 Å². The molecule has 5 rings (SSSR count). The zero-order valence-corrected chi connectivity index (χ0v) is 19.0. The van der Waals surface area contributed by atoms with Crippen molar-refractivity contribution < 1.29 is 14.3 Å². The van der Waals surface area contributed by atoms with Crippen LogP contribution in [-0.2, 0) is 9.53 Å². The molecule has 5 heteroatoms. The number of para-hydroxylation sites is 1. The number of nitrogens with one attached hydrogen (secondary N) is 1. The lowest BCUT2D eigenvalue weighted by molar-refractivity contribution is -0.124. The average Bonchev–Trinajstić information content (AvgIpc) is 3.64. The van der Waals surface area contributed by atoms with Gasteiger partial charge >= 0.3 is 0 Å². The first kappa shape index (κ1) is 20.9. The lowest BCUT2D eigenvalue weighted by atomic mass is 9.83. The van der Waals surface area contributed by atoms with Gasteiger partial charge in [0.15, 0.2) is 0 Å². The Morgan fingerprint density at radius 3 is 2.44 bits per heavy atom. The van der Waals surface area contributed by atoms with Gasteiger partial charge in [0.1, 0.15) is 11.5 Å². The summed E-state index contributed by atoms with van der Waals surface area (Å²) in [7, 11) is 3.34. The van der Waals surface area contributed by atoms with E-state index in [-0.39, 0.29) is 17.4 Å². The van der Waals surface area contributed by atoms with E-state index < -0.39 is 0 Å². The number of piperidine rings is 1. The van der Waals surface area contributed by atoms with Crippen LogP contribution in [0.5, 0.6) is 5.75 Å². The Balaban J connectivity index is 1.28. The molecule has 0 aromatic heterocycles. The molecule has 2 aromatic carbocycles. The van der Waals surface area contributed by atoms with Crippen LogP contribution >= 0.6 is 0 Å². The summed E-state index contributed by atoms with van der Waals surface area (Å²) < 4.78 is 11.0. The van der Waals surface area contributed by atoms with Crippen molar-refractivity contribution in [2.24, 2.45) is 5.92 Å². The van der Waals surface area contributed by atoms with E-state index in [0.717, 1.165) is 61.4 Å². The minimum atomic E-state index is -0.208. The van der Waals surface area contributed by atoms with Gasteiger partial charge in [0, 0.05) is 29.9 Å². The van der Waals surface area contributed by atoms with Gasteiger partial charge in [-0.15, -0.1) is 0 Å². The maximum atomic E-state index is 13.5. The fourth-order valence-corrected chi connectivity index (χ4v) is 5.52. The summed E-state index contributed by atoms with van der Waals surface area (Å²) in [5, 5.41) is 3.50. The summed E-state index contributed by atoms with van der Waals surface area (Å²) in [6.45, 7) is 2.10. The zero-order valence-electron chi connectivity index (χ0n) is 19.0. The SMILES string of the molecule is COC1=CCC(C(=O)NC2(C3CCN(c4ccccc4)CC3)CC2)c2cc(OC)ccc21. The highest BCUT2D eigenvalue weighted by atomic mass is 16.5. The molecule has 1 saturated heterocycles. The summed E-state index contributed by atoms with van der Waals surface area (Å²) in [6, 6.07) is 16.5. The maximum Gasteiger partial charge on any atom is 0.228 e. The zero-order chi connectivity index (χ0) is 22.1. The summed E-state index contributed by atoms with van der Waals surface area (Å²) in [6.07, 6.45) is 7.11. The van der Waals surface area contributed by atoms with E-state index in [2.05, 4.69) is 40.5 Å². The van der Waals surface area contributed by atoms with E-state index in [4.69, 9.17) is 9.47 Å². The Kier molecular flexibility index (Phi) is 5.58. The van der Waals surface area contributed by atoms with Gasteiger partial charge in [-0.1, -0.05) is 18.2 Å². The van der Waals surface area contributed by atoms with Crippen LogP contribution in [0.3, 0.4) is 0 Å². The molecule has 1 unspecified atom stereocenters. The van der Waals surface area contributed by atoms with Gasteiger partial charge in [0.2, 0.25) is 5.91 Å². The van der Waals surface area contributed by atoms with Gasteiger partial charge in [-0.05, 0) is 80.0 Å². The van der Waals surface area contributed by atoms with E-state index in [1.807, 2.05) is 24.3 Å². The molecule has 1 N–H and O–H groups in total. The first-order chi connectivity index (χ1) is 15.6. The average molecular weight is 433 g/mol. The number of rotatable bonds is 6. The van der Waals surface area contributed by atoms with Gasteiger partial charge in [-0.2, -0.15) is 0 Å². The van der Waals surface area contributed by atoms with Crippen molar-refractivity contribution in [3.63, 3.8) is 0 Å². The Bertz CT molecular complexity index is 1000. The van der Waals surface area contributed by atoms with Crippen molar-refractivity contribution in [1.29, 1.82) is 0 Å². The fraction of sp³-hybridized carbons (Fsp3) is 0.444. The molecule has 2 aromatic rings. The third kappa shape index (κ3) is 3.85. The molecular weight excluding hydrogens is 400 g/mol. The lowest BCUT2D eigenvalue weighted by Crippen LogP contribution is -2.48. The molecular formula is C27H32N2O3. The molecule has 0 radical (unpaired) electrons. The van der Waals surface area contributed by atoms with E-state index in [0.29, 0.717) is 12.3 Å². The molecule has 5 nitrogen and oxygen atoms in total. The van der Waals surface area contributed by atoms with E-state index in [9.17, 15) is 4.79 Å². The van der Waals surface area contributed by atoms with Gasteiger partial charge in [-0.25, -0.2) is 0 Å². The number of carbonyl (C=O) groups is 1. The quantitative estimate of drug-likeness (QED) is 0.717. The van der Waals surface area contributed by atoms with Gasteiger partial charge < -0.3 is 19.7 Å². The Hall–Kier alpha value is -2.95. The number of hydrogen-bond donors (Lipinski definition) is 1. The second-order valence-electron chi connectivity index (χ2n) is 9.26. The molecule has 2 fully saturated rings. The first-order valence-electron chi connectivity index (χ1n) is 11.7. The summed E-state index contributed by atoms with van der Waals surface area (Å²) in [4.78, 5) is 16.0. The molecule has 0 spiro atoms. The van der Waals surface area contributed by atoms with Crippen molar-refractivity contribution >= 4 is 17.4 Å². The van der Waals surface area contributed by atoms with Gasteiger partial charge in [0.05, 0.1) is 20.1 Å². The van der Waals surface area contributed by atoms with Crippen LogP contribution in [-0.4, -0.2) is 38.8 Å². The maximum absolute atomic E-state index is 13.5. The van der Waals surface area contributed by atoms with Crippen molar-refractivity contribution in [2.45, 2.75) is 43.6 Å². The highest BCUT2D eigenvalue weighted by Gasteiger charge is 2.51. The third-order valence-electron chi connectivity index (χ3n) is 7.53. The smallest absolute Gasteiger partial charge is 0.228 e. The van der Waals surface area contributed by atoms with E-state index >= 15 is 0 Å². The van der Waals surface area contributed by atoms with Gasteiger partial charge in [0.25, 0.3) is 0 Å². The molecule has 1 aliphatic heterocycles. The highest BCUT2D eigenvalue weighted by molar-refractivity contribution is 5.88. The minimum absolute atomic E-state index is 0.0237. The molecule has 1 heterocycles.